The molecule has 2 N–H and O–H groups in total. The van der Waals surface area contributed by atoms with Crippen molar-refractivity contribution in [3.8, 4) is 5.75 Å². The van der Waals surface area contributed by atoms with Gasteiger partial charge in [0.25, 0.3) is 11.8 Å². The van der Waals surface area contributed by atoms with Crippen LogP contribution in [-0.2, 0) is 22.4 Å². The number of amides is 2. The van der Waals surface area contributed by atoms with Gasteiger partial charge in [0, 0.05) is 18.0 Å². The van der Waals surface area contributed by atoms with Crippen molar-refractivity contribution in [3.63, 3.8) is 0 Å². The molecule has 28 heavy (non-hydrogen) atoms. The van der Waals surface area contributed by atoms with Gasteiger partial charge in [-0.25, -0.2) is 0 Å². The molecule has 1 aliphatic heterocycles. The molecule has 0 saturated carbocycles. The number of carbonyl (C=O) groups excluding carboxylic acids is 2. The summed E-state index contributed by atoms with van der Waals surface area (Å²) in [6.45, 7) is 1.18. The molecule has 1 fully saturated rings. The predicted molar refractivity (Wildman–Crippen MR) is 108 cm³/mol. The molecule has 1 aromatic heterocycles. The summed E-state index contributed by atoms with van der Waals surface area (Å²) in [4.78, 5) is 26.4. The number of ether oxygens (including phenoxy) is 2. The van der Waals surface area contributed by atoms with Crippen molar-refractivity contribution in [2.24, 2.45) is 0 Å². The molecule has 6 nitrogen and oxygen atoms in total. The van der Waals surface area contributed by atoms with Crippen molar-refractivity contribution in [3.05, 3.63) is 46.3 Å². The van der Waals surface area contributed by atoms with Crippen LogP contribution in [0.4, 0.5) is 5.00 Å². The minimum Gasteiger partial charge on any atom is -0.484 e. The first-order chi connectivity index (χ1) is 13.7. The average Bonchev–Trinajstić information content (AvgIpc) is 3.43. The lowest BCUT2D eigenvalue weighted by atomic mass is 10.1. The first-order valence-corrected chi connectivity index (χ1v) is 10.5. The molecule has 1 atom stereocenters. The fourth-order valence-corrected chi connectivity index (χ4v) is 4.96. The molecule has 1 saturated heterocycles. The SMILES string of the molecule is O=C(COc1ccccc1)Nc1sc2c(c1C(=O)NC[C@H]1CCCO1)CCC2. The third kappa shape index (κ3) is 4.36. The highest BCUT2D eigenvalue weighted by Gasteiger charge is 2.28. The molecule has 2 aliphatic rings. The van der Waals surface area contributed by atoms with Crippen LogP contribution in [0.3, 0.4) is 0 Å². The molecule has 0 bridgehead atoms. The zero-order valence-electron chi connectivity index (χ0n) is 15.7. The highest BCUT2D eigenvalue weighted by Crippen LogP contribution is 2.39. The second-order valence-corrected chi connectivity index (χ2v) is 8.16. The lowest BCUT2D eigenvalue weighted by Gasteiger charge is -2.13. The van der Waals surface area contributed by atoms with Crippen LogP contribution in [0.2, 0.25) is 0 Å². The first kappa shape index (κ1) is 19.0. The van der Waals surface area contributed by atoms with Crippen LogP contribution in [0.1, 0.15) is 40.1 Å². The quantitative estimate of drug-likeness (QED) is 0.749. The van der Waals surface area contributed by atoms with Crippen LogP contribution in [0.15, 0.2) is 30.3 Å². The van der Waals surface area contributed by atoms with E-state index in [-0.39, 0.29) is 24.5 Å². The molecule has 0 spiro atoms. The lowest BCUT2D eigenvalue weighted by Crippen LogP contribution is -2.32. The Morgan fingerprint density at radius 3 is 2.82 bits per heavy atom. The van der Waals surface area contributed by atoms with Crippen molar-refractivity contribution in [2.75, 3.05) is 25.1 Å². The van der Waals surface area contributed by atoms with Gasteiger partial charge in [0.1, 0.15) is 10.8 Å². The van der Waals surface area contributed by atoms with Gasteiger partial charge in [-0.3, -0.25) is 9.59 Å². The molecular weight excluding hydrogens is 376 g/mol. The summed E-state index contributed by atoms with van der Waals surface area (Å²) < 4.78 is 11.1. The molecule has 2 aromatic rings. The van der Waals surface area contributed by atoms with E-state index < -0.39 is 0 Å². The van der Waals surface area contributed by atoms with Gasteiger partial charge in [-0.15, -0.1) is 11.3 Å². The molecule has 148 valence electrons. The molecule has 0 radical (unpaired) electrons. The van der Waals surface area contributed by atoms with E-state index in [9.17, 15) is 9.59 Å². The van der Waals surface area contributed by atoms with Crippen molar-refractivity contribution in [1.82, 2.24) is 5.32 Å². The number of benzene rings is 1. The monoisotopic (exact) mass is 400 g/mol. The summed E-state index contributed by atoms with van der Waals surface area (Å²) in [7, 11) is 0. The molecule has 1 aliphatic carbocycles. The van der Waals surface area contributed by atoms with Crippen LogP contribution in [-0.4, -0.2) is 37.7 Å². The van der Waals surface area contributed by atoms with E-state index in [1.165, 1.54) is 16.2 Å². The van der Waals surface area contributed by atoms with E-state index in [1.807, 2.05) is 18.2 Å². The van der Waals surface area contributed by atoms with Gasteiger partial charge in [-0.05, 0) is 49.8 Å². The summed E-state index contributed by atoms with van der Waals surface area (Å²) in [5, 5.41) is 6.49. The van der Waals surface area contributed by atoms with Crippen LogP contribution in [0.25, 0.3) is 0 Å². The summed E-state index contributed by atoms with van der Waals surface area (Å²) >= 11 is 1.51. The third-order valence-electron chi connectivity index (χ3n) is 5.03. The Morgan fingerprint density at radius 2 is 2.04 bits per heavy atom. The van der Waals surface area contributed by atoms with Crippen LogP contribution < -0.4 is 15.4 Å². The van der Waals surface area contributed by atoms with Crippen molar-refractivity contribution in [2.45, 2.75) is 38.2 Å². The van der Waals surface area contributed by atoms with Crippen molar-refractivity contribution in [1.29, 1.82) is 0 Å². The number of anilines is 1. The van der Waals surface area contributed by atoms with Crippen LogP contribution >= 0.6 is 11.3 Å². The normalized spacial score (nSPS) is 17.9. The minimum absolute atomic E-state index is 0.0907. The molecule has 7 heteroatoms. The van der Waals surface area contributed by atoms with Crippen LogP contribution in [0, 0.1) is 0 Å². The number of aryl methyl sites for hydroxylation is 1. The number of rotatable bonds is 7. The highest BCUT2D eigenvalue weighted by atomic mass is 32.1. The van der Waals surface area contributed by atoms with E-state index >= 15 is 0 Å². The third-order valence-corrected chi connectivity index (χ3v) is 6.24. The maximum absolute atomic E-state index is 12.9. The van der Waals surface area contributed by atoms with Gasteiger partial charge in [-0.2, -0.15) is 0 Å². The maximum atomic E-state index is 12.9. The van der Waals surface area contributed by atoms with Gasteiger partial charge in [-0.1, -0.05) is 18.2 Å². The van der Waals surface area contributed by atoms with E-state index in [4.69, 9.17) is 9.47 Å². The smallest absolute Gasteiger partial charge is 0.262 e. The predicted octanol–water partition coefficient (Wildman–Crippen LogP) is 3.16. The van der Waals surface area contributed by atoms with Gasteiger partial charge < -0.3 is 20.1 Å². The van der Waals surface area contributed by atoms with E-state index in [0.717, 1.165) is 44.3 Å². The van der Waals surface area contributed by atoms with Crippen molar-refractivity contribution >= 4 is 28.2 Å². The Kier molecular flexibility index (Phi) is 5.92. The fourth-order valence-electron chi connectivity index (χ4n) is 3.66. The van der Waals surface area contributed by atoms with Gasteiger partial charge in [0.05, 0.1) is 11.7 Å². The number of carbonyl (C=O) groups is 2. The highest BCUT2D eigenvalue weighted by molar-refractivity contribution is 7.17. The number of hydrogen-bond acceptors (Lipinski definition) is 5. The summed E-state index contributed by atoms with van der Waals surface area (Å²) in [6, 6.07) is 9.20. The Labute approximate surface area is 168 Å². The summed E-state index contributed by atoms with van der Waals surface area (Å²) in [5.74, 6) is 0.243. The Balaban J connectivity index is 1.41. The standard InChI is InChI=1S/C21H24N2O4S/c24-18(13-27-14-6-2-1-3-7-14)23-21-19(16-9-4-10-17(16)28-21)20(25)22-12-15-8-5-11-26-15/h1-3,6-7,15H,4-5,8-13H2,(H,22,25)(H,23,24)/t15-/m1/s1. The Morgan fingerprint density at radius 1 is 1.18 bits per heavy atom. The average molecular weight is 401 g/mol. The molecule has 0 unspecified atom stereocenters. The number of para-hydroxylation sites is 1. The molecule has 2 heterocycles. The number of thiophene rings is 1. The molecule has 2 amide bonds. The first-order valence-electron chi connectivity index (χ1n) is 9.73. The zero-order valence-corrected chi connectivity index (χ0v) is 16.5. The second kappa shape index (κ2) is 8.75. The van der Waals surface area contributed by atoms with E-state index in [1.54, 1.807) is 12.1 Å². The van der Waals surface area contributed by atoms with Crippen LogP contribution in [0.5, 0.6) is 5.75 Å². The summed E-state index contributed by atoms with van der Waals surface area (Å²) in [6.07, 6.45) is 5.00. The molecule has 1 aromatic carbocycles. The van der Waals surface area contributed by atoms with Gasteiger partial charge in [0.15, 0.2) is 6.61 Å². The Bertz CT molecular complexity index is 844. The lowest BCUT2D eigenvalue weighted by molar-refractivity contribution is -0.118. The summed E-state index contributed by atoms with van der Waals surface area (Å²) in [5.41, 5.74) is 1.69. The number of nitrogens with one attached hydrogen (secondary N) is 2. The largest absolute Gasteiger partial charge is 0.484 e. The number of fused-ring (bicyclic) bond motifs is 1. The zero-order chi connectivity index (χ0) is 19.3. The van der Waals surface area contributed by atoms with Gasteiger partial charge >= 0.3 is 0 Å². The molecular formula is C21H24N2O4S. The fraction of sp³-hybridized carbons (Fsp3) is 0.429. The van der Waals surface area contributed by atoms with E-state index in [2.05, 4.69) is 10.6 Å². The topological polar surface area (TPSA) is 76.7 Å². The maximum Gasteiger partial charge on any atom is 0.262 e. The Hall–Kier alpha value is -2.38. The minimum atomic E-state index is -0.267. The molecule has 4 rings (SSSR count). The van der Waals surface area contributed by atoms with E-state index in [0.29, 0.717) is 22.9 Å². The van der Waals surface area contributed by atoms with Crippen molar-refractivity contribution < 1.29 is 19.1 Å². The van der Waals surface area contributed by atoms with Gasteiger partial charge in [0.2, 0.25) is 0 Å². The second-order valence-electron chi connectivity index (χ2n) is 7.06. The number of hydrogen-bond donors (Lipinski definition) is 2.